The number of carboxylic acids is 2. The normalized spacial score (nSPS) is 15.6. The van der Waals surface area contributed by atoms with Crippen molar-refractivity contribution in [2.45, 2.75) is 116 Å². The molecule has 2 unspecified atom stereocenters. The van der Waals surface area contributed by atoms with Gasteiger partial charge in [0.25, 0.3) is 0 Å². The van der Waals surface area contributed by atoms with Crippen molar-refractivity contribution < 1.29 is 29.7 Å². The molecule has 0 radical (unpaired) electrons. The smallest absolute Gasteiger partial charge is 0.337 e. The quantitative estimate of drug-likeness (QED) is 0.221. The van der Waals surface area contributed by atoms with Crippen LogP contribution in [0.3, 0.4) is 0 Å². The van der Waals surface area contributed by atoms with Gasteiger partial charge in [-0.3, -0.25) is 9.59 Å². The van der Waals surface area contributed by atoms with Crippen LogP contribution in [-0.4, -0.2) is 38.6 Å². The molecule has 0 amide bonds. The summed E-state index contributed by atoms with van der Waals surface area (Å²) in [6, 6.07) is 0. The Balaban J connectivity index is 5.68. The van der Waals surface area contributed by atoms with Gasteiger partial charge >= 0.3 is 11.9 Å². The lowest BCUT2D eigenvalue weighted by molar-refractivity contribution is -0.194. The van der Waals surface area contributed by atoms with Gasteiger partial charge in [-0.25, -0.2) is 4.79 Å². The molecule has 0 rings (SSSR count). The van der Waals surface area contributed by atoms with E-state index in [1.165, 1.54) is 0 Å². The standard InChI is InChI=1S/C22H40O6/c1-4-7-9-11-12-13-16-21(19(24)25,18(23)15-6-3)22(28,20(26)27)17-14-10-8-5-2/h28H,4-17H2,1-3H3,(H,24,25)(H,26,27). The summed E-state index contributed by atoms with van der Waals surface area (Å²) in [5.41, 5.74) is -4.87. The Labute approximate surface area is 169 Å². The van der Waals surface area contributed by atoms with Crippen LogP contribution in [-0.2, 0) is 14.4 Å². The van der Waals surface area contributed by atoms with Crippen LogP contribution in [0.4, 0.5) is 0 Å². The summed E-state index contributed by atoms with van der Waals surface area (Å²) in [5, 5.41) is 30.9. The largest absolute Gasteiger partial charge is 0.480 e. The van der Waals surface area contributed by atoms with E-state index in [0.29, 0.717) is 25.7 Å². The molecule has 28 heavy (non-hydrogen) atoms. The Hall–Kier alpha value is -1.43. The zero-order chi connectivity index (χ0) is 21.6. The van der Waals surface area contributed by atoms with Gasteiger partial charge < -0.3 is 15.3 Å². The summed E-state index contributed by atoms with van der Waals surface area (Å²) >= 11 is 0. The number of hydrogen-bond donors (Lipinski definition) is 3. The summed E-state index contributed by atoms with van der Waals surface area (Å²) in [6.07, 6.45) is 8.13. The predicted octanol–water partition coefficient (Wildman–Crippen LogP) is 4.96. The summed E-state index contributed by atoms with van der Waals surface area (Å²) in [5.74, 6) is -3.79. The van der Waals surface area contributed by atoms with Crippen molar-refractivity contribution in [2.75, 3.05) is 0 Å². The van der Waals surface area contributed by atoms with Gasteiger partial charge in [0.1, 0.15) is 0 Å². The number of Topliss-reactive ketones (excluding diaryl/α,β-unsaturated/α-hetero) is 1. The number of carboxylic acid groups (broad SMARTS) is 2. The van der Waals surface area contributed by atoms with Crippen LogP contribution in [0.2, 0.25) is 0 Å². The van der Waals surface area contributed by atoms with Crippen molar-refractivity contribution in [1.29, 1.82) is 0 Å². The number of carbonyl (C=O) groups excluding carboxylic acids is 1. The van der Waals surface area contributed by atoms with Gasteiger partial charge in [0.15, 0.2) is 16.8 Å². The van der Waals surface area contributed by atoms with Gasteiger partial charge in [-0.2, -0.15) is 0 Å². The minimum atomic E-state index is -2.58. The molecule has 0 aliphatic rings. The zero-order valence-corrected chi connectivity index (χ0v) is 18.0. The van der Waals surface area contributed by atoms with Crippen molar-refractivity contribution in [3.05, 3.63) is 0 Å². The minimum Gasteiger partial charge on any atom is -0.480 e. The van der Waals surface area contributed by atoms with Crippen LogP contribution < -0.4 is 0 Å². The first kappa shape index (κ1) is 26.6. The molecule has 0 saturated heterocycles. The van der Waals surface area contributed by atoms with Gasteiger partial charge in [-0.1, -0.05) is 78.6 Å². The molecule has 0 aromatic heterocycles. The number of carbonyl (C=O) groups is 3. The van der Waals surface area contributed by atoms with Gasteiger partial charge in [-0.05, 0) is 25.7 Å². The third-order valence-corrected chi connectivity index (χ3v) is 5.68. The number of ketones is 1. The fraction of sp³-hybridized carbons (Fsp3) is 0.864. The lowest BCUT2D eigenvalue weighted by atomic mass is 9.63. The first-order valence-electron chi connectivity index (χ1n) is 11.0. The zero-order valence-electron chi connectivity index (χ0n) is 18.0. The Morgan fingerprint density at radius 3 is 1.57 bits per heavy atom. The van der Waals surface area contributed by atoms with Gasteiger partial charge in [0.05, 0.1) is 0 Å². The number of rotatable bonds is 18. The van der Waals surface area contributed by atoms with E-state index in [1.54, 1.807) is 6.92 Å². The minimum absolute atomic E-state index is 0.0489. The second-order valence-corrected chi connectivity index (χ2v) is 7.88. The van der Waals surface area contributed by atoms with Gasteiger partial charge in [0.2, 0.25) is 0 Å². The van der Waals surface area contributed by atoms with E-state index in [4.69, 9.17) is 0 Å². The van der Waals surface area contributed by atoms with E-state index < -0.39 is 28.7 Å². The topological polar surface area (TPSA) is 112 Å². The number of unbranched alkanes of at least 4 members (excludes halogenated alkanes) is 8. The van der Waals surface area contributed by atoms with Crippen molar-refractivity contribution in [1.82, 2.24) is 0 Å². The molecule has 0 spiro atoms. The fourth-order valence-corrected chi connectivity index (χ4v) is 3.90. The molecule has 6 heteroatoms. The Morgan fingerprint density at radius 1 is 0.643 bits per heavy atom. The van der Waals surface area contributed by atoms with Gasteiger partial charge in [-0.15, -0.1) is 0 Å². The van der Waals surface area contributed by atoms with Crippen molar-refractivity contribution in [3.63, 3.8) is 0 Å². The molecule has 0 aromatic rings. The monoisotopic (exact) mass is 400 g/mol. The molecule has 2 atom stereocenters. The molecule has 164 valence electrons. The summed E-state index contributed by atoms with van der Waals surface area (Å²) < 4.78 is 0. The maximum Gasteiger partial charge on any atom is 0.337 e. The first-order chi connectivity index (χ1) is 13.2. The third kappa shape index (κ3) is 6.87. The third-order valence-electron chi connectivity index (χ3n) is 5.68. The van der Waals surface area contributed by atoms with Crippen LogP contribution in [0, 0.1) is 5.41 Å². The number of aliphatic carboxylic acids is 2. The summed E-state index contributed by atoms with van der Waals surface area (Å²) in [7, 11) is 0. The van der Waals surface area contributed by atoms with Crippen molar-refractivity contribution in [3.8, 4) is 0 Å². The molecule has 6 nitrogen and oxygen atoms in total. The SMILES string of the molecule is CCCCCCCCC(C(=O)O)(C(=O)CCC)C(O)(CCCCCC)C(=O)O. The van der Waals surface area contributed by atoms with Crippen LogP contribution in [0.5, 0.6) is 0 Å². The van der Waals surface area contributed by atoms with E-state index in [9.17, 15) is 29.7 Å². The highest BCUT2D eigenvalue weighted by Crippen LogP contribution is 2.43. The van der Waals surface area contributed by atoms with Crippen LogP contribution in [0.15, 0.2) is 0 Å². The number of aliphatic hydroxyl groups is 1. The van der Waals surface area contributed by atoms with Crippen molar-refractivity contribution in [2.24, 2.45) is 5.41 Å². The molecule has 3 N–H and O–H groups in total. The van der Waals surface area contributed by atoms with Gasteiger partial charge in [0, 0.05) is 6.42 Å². The molecule has 0 saturated carbocycles. The highest BCUT2D eigenvalue weighted by molar-refractivity contribution is 6.08. The van der Waals surface area contributed by atoms with Crippen LogP contribution >= 0.6 is 0 Å². The summed E-state index contributed by atoms with van der Waals surface area (Å²) in [6.45, 7) is 5.86. The molecular formula is C22H40O6. The van der Waals surface area contributed by atoms with E-state index >= 15 is 0 Å². The maximum absolute atomic E-state index is 12.9. The average molecular weight is 401 g/mol. The molecular weight excluding hydrogens is 360 g/mol. The predicted molar refractivity (Wildman–Crippen MR) is 109 cm³/mol. The maximum atomic E-state index is 12.9. The Kier molecular flexibility index (Phi) is 13.0. The average Bonchev–Trinajstić information content (AvgIpc) is 2.64. The second-order valence-electron chi connectivity index (χ2n) is 7.88. The lowest BCUT2D eigenvalue weighted by Crippen LogP contribution is -2.62. The van der Waals surface area contributed by atoms with Crippen LogP contribution in [0.25, 0.3) is 0 Å². The van der Waals surface area contributed by atoms with E-state index in [2.05, 4.69) is 6.92 Å². The molecule has 0 bridgehead atoms. The summed E-state index contributed by atoms with van der Waals surface area (Å²) in [4.78, 5) is 37.3. The highest BCUT2D eigenvalue weighted by Gasteiger charge is 2.64. The molecule has 0 aliphatic carbocycles. The van der Waals surface area contributed by atoms with E-state index in [-0.39, 0.29) is 19.3 Å². The fourth-order valence-electron chi connectivity index (χ4n) is 3.90. The molecule has 0 heterocycles. The molecule has 0 fully saturated rings. The highest BCUT2D eigenvalue weighted by atomic mass is 16.4. The Bertz CT molecular complexity index is 489. The van der Waals surface area contributed by atoms with E-state index in [1.807, 2.05) is 6.92 Å². The number of hydrogen-bond acceptors (Lipinski definition) is 4. The molecule has 0 aliphatic heterocycles. The van der Waals surface area contributed by atoms with Crippen molar-refractivity contribution >= 4 is 17.7 Å². The van der Waals surface area contributed by atoms with E-state index in [0.717, 1.165) is 44.9 Å². The molecule has 0 aromatic carbocycles. The van der Waals surface area contributed by atoms with Crippen LogP contribution in [0.1, 0.15) is 111 Å². The first-order valence-corrected chi connectivity index (χ1v) is 11.0. The Morgan fingerprint density at radius 2 is 1.11 bits per heavy atom. The second kappa shape index (κ2) is 13.7. The lowest BCUT2D eigenvalue weighted by Gasteiger charge is -2.40.